The third-order valence-electron chi connectivity index (χ3n) is 4.86. The number of piperidine rings is 1. The zero-order chi connectivity index (χ0) is 15.7. The minimum atomic E-state index is -3.11. The number of sulfonamides is 1. The second kappa shape index (κ2) is 6.29. The SMILES string of the molecule is CCCS(=O)(=O)NC1[C@@H]2CC[C@H]1CN(Cc1cnn(C)c1)C2. The predicted molar refractivity (Wildman–Crippen MR) is 85.7 cm³/mol. The van der Waals surface area contributed by atoms with Crippen LogP contribution < -0.4 is 4.72 Å². The van der Waals surface area contributed by atoms with Gasteiger partial charge in [-0.2, -0.15) is 5.10 Å². The Labute approximate surface area is 132 Å². The predicted octanol–water partition coefficient (Wildman–Crippen LogP) is 0.960. The number of rotatable bonds is 6. The lowest BCUT2D eigenvalue weighted by Crippen LogP contribution is -2.52. The summed E-state index contributed by atoms with van der Waals surface area (Å²) in [5, 5.41) is 4.22. The molecule has 0 aromatic carbocycles. The second-order valence-electron chi connectivity index (χ2n) is 6.78. The van der Waals surface area contributed by atoms with Crippen LogP contribution in [0, 0.1) is 11.8 Å². The van der Waals surface area contributed by atoms with Gasteiger partial charge in [0.1, 0.15) is 0 Å². The van der Waals surface area contributed by atoms with E-state index in [0.717, 1.165) is 32.5 Å². The van der Waals surface area contributed by atoms with Gasteiger partial charge in [-0.15, -0.1) is 0 Å². The fourth-order valence-corrected chi connectivity index (χ4v) is 5.44. The van der Waals surface area contributed by atoms with Gasteiger partial charge >= 0.3 is 0 Å². The summed E-state index contributed by atoms with van der Waals surface area (Å²) in [6.07, 6.45) is 6.90. The van der Waals surface area contributed by atoms with Crippen molar-refractivity contribution in [1.82, 2.24) is 19.4 Å². The lowest BCUT2D eigenvalue weighted by Gasteiger charge is -2.38. The van der Waals surface area contributed by atoms with Gasteiger partial charge in [0, 0.05) is 44.5 Å². The van der Waals surface area contributed by atoms with Crippen LogP contribution in [0.2, 0.25) is 0 Å². The highest BCUT2D eigenvalue weighted by Crippen LogP contribution is 2.37. The fraction of sp³-hybridized carbons (Fsp3) is 0.800. The van der Waals surface area contributed by atoms with Crippen LogP contribution in [0.15, 0.2) is 12.4 Å². The summed E-state index contributed by atoms with van der Waals surface area (Å²) in [5.41, 5.74) is 1.23. The molecule has 2 bridgehead atoms. The highest BCUT2D eigenvalue weighted by molar-refractivity contribution is 7.89. The summed E-state index contributed by atoms with van der Waals surface area (Å²) in [5.74, 6) is 1.13. The molecule has 2 aliphatic rings. The third-order valence-corrected chi connectivity index (χ3v) is 6.44. The quantitative estimate of drug-likeness (QED) is 0.845. The lowest BCUT2D eigenvalue weighted by atomic mass is 9.93. The number of likely N-dealkylation sites (tertiary alicyclic amines) is 1. The van der Waals surface area contributed by atoms with Crippen LogP contribution in [0.1, 0.15) is 31.7 Å². The Morgan fingerprint density at radius 3 is 2.55 bits per heavy atom. The molecule has 3 rings (SSSR count). The molecule has 0 radical (unpaired) electrons. The summed E-state index contributed by atoms with van der Waals surface area (Å²) in [7, 11) is -1.18. The second-order valence-corrected chi connectivity index (χ2v) is 8.65. The first-order chi connectivity index (χ1) is 10.5. The van der Waals surface area contributed by atoms with Crippen LogP contribution in [0.4, 0.5) is 0 Å². The van der Waals surface area contributed by atoms with E-state index >= 15 is 0 Å². The van der Waals surface area contributed by atoms with Gasteiger partial charge in [-0.1, -0.05) is 6.92 Å². The Bertz CT molecular complexity index is 599. The summed E-state index contributed by atoms with van der Waals surface area (Å²) in [4.78, 5) is 2.45. The molecule has 1 unspecified atom stereocenters. The van der Waals surface area contributed by atoms with Gasteiger partial charge in [-0.05, 0) is 31.1 Å². The summed E-state index contributed by atoms with van der Waals surface area (Å²) >= 11 is 0. The number of aromatic nitrogens is 2. The summed E-state index contributed by atoms with van der Waals surface area (Å²) in [6, 6.07) is 0.140. The van der Waals surface area contributed by atoms with Crippen molar-refractivity contribution >= 4 is 10.0 Å². The number of aryl methyl sites for hydroxylation is 1. The molecule has 22 heavy (non-hydrogen) atoms. The maximum absolute atomic E-state index is 12.1. The van der Waals surface area contributed by atoms with Gasteiger partial charge < -0.3 is 0 Å². The van der Waals surface area contributed by atoms with Crippen molar-refractivity contribution in [3.8, 4) is 0 Å². The molecular weight excluding hydrogens is 300 g/mol. The van der Waals surface area contributed by atoms with E-state index < -0.39 is 10.0 Å². The maximum atomic E-state index is 12.1. The molecular formula is C15H26N4O2S. The van der Waals surface area contributed by atoms with Crippen molar-refractivity contribution in [2.24, 2.45) is 18.9 Å². The molecule has 6 nitrogen and oxygen atoms in total. The van der Waals surface area contributed by atoms with Crippen LogP contribution in [-0.2, 0) is 23.6 Å². The average molecular weight is 326 g/mol. The van der Waals surface area contributed by atoms with Crippen molar-refractivity contribution in [3.63, 3.8) is 0 Å². The number of fused-ring (bicyclic) bond motifs is 2. The number of hydrogen-bond acceptors (Lipinski definition) is 4. The Balaban J connectivity index is 1.61. The van der Waals surface area contributed by atoms with E-state index in [2.05, 4.69) is 20.9 Å². The van der Waals surface area contributed by atoms with E-state index in [9.17, 15) is 8.42 Å². The molecule has 2 fully saturated rings. The Morgan fingerprint density at radius 1 is 1.32 bits per heavy atom. The zero-order valence-corrected chi connectivity index (χ0v) is 14.2. The molecule has 1 aliphatic heterocycles. The van der Waals surface area contributed by atoms with Crippen LogP contribution in [0.5, 0.6) is 0 Å². The van der Waals surface area contributed by atoms with E-state index in [1.54, 1.807) is 0 Å². The molecule has 1 aromatic rings. The van der Waals surface area contributed by atoms with E-state index in [0.29, 0.717) is 18.3 Å². The van der Waals surface area contributed by atoms with Crippen LogP contribution >= 0.6 is 0 Å². The van der Waals surface area contributed by atoms with Gasteiger partial charge in [0.05, 0.1) is 11.9 Å². The Hall–Kier alpha value is -0.920. The van der Waals surface area contributed by atoms with Crippen LogP contribution in [0.25, 0.3) is 0 Å². The smallest absolute Gasteiger partial charge is 0.211 e. The molecule has 1 saturated carbocycles. The van der Waals surface area contributed by atoms with Gasteiger partial charge in [0.25, 0.3) is 0 Å². The van der Waals surface area contributed by atoms with Crippen molar-refractivity contribution in [2.45, 2.75) is 38.8 Å². The van der Waals surface area contributed by atoms with E-state index in [1.807, 2.05) is 24.9 Å². The molecule has 7 heteroatoms. The minimum Gasteiger partial charge on any atom is -0.298 e. The van der Waals surface area contributed by atoms with Crippen LogP contribution in [-0.4, -0.2) is 48.0 Å². The standard InChI is InChI=1S/C15H26N4O2S/c1-3-6-22(20,21)17-15-13-4-5-14(15)11-19(10-13)9-12-7-16-18(2)8-12/h7-8,13-15,17H,3-6,9-11H2,1-2H3/t13-,14+,15?. The van der Waals surface area contributed by atoms with Gasteiger partial charge in [-0.3, -0.25) is 9.58 Å². The number of hydrogen-bond donors (Lipinski definition) is 1. The average Bonchev–Trinajstić information content (AvgIpc) is 2.91. The fourth-order valence-electron chi connectivity index (χ4n) is 3.99. The molecule has 1 N–H and O–H groups in total. The molecule has 0 spiro atoms. The van der Waals surface area contributed by atoms with Gasteiger partial charge in [0.15, 0.2) is 0 Å². The van der Waals surface area contributed by atoms with E-state index in [4.69, 9.17) is 0 Å². The first kappa shape index (κ1) is 16.0. The van der Waals surface area contributed by atoms with E-state index in [1.165, 1.54) is 5.56 Å². The summed E-state index contributed by atoms with van der Waals surface area (Å²) < 4.78 is 28.9. The molecule has 1 saturated heterocycles. The zero-order valence-electron chi connectivity index (χ0n) is 13.4. The monoisotopic (exact) mass is 326 g/mol. The van der Waals surface area contributed by atoms with Crippen molar-refractivity contribution in [2.75, 3.05) is 18.8 Å². The normalized spacial score (nSPS) is 29.1. The lowest BCUT2D eigenvalue weighted by molar-refractivity contribution is 0.133. The molecule has 2 heterocycles. The number of nitrogens with zero attached hydrogens (tertiary/aromatic N) is 3. The highest BCUT2D eigenvalue weighted by Gasteiger charge is 2.43. The van der Waals surface area contributed by atoms with E-state index in [-0.39, 0.29) is 11.8 Å². The Kier molecular flexibility index (Phi) is 4.56. The molecule has 1 aromatic heterocycles. The van der Waals surface area contributed by atoms with Crippen molar-refractivity contribution < 1.29 is 8.42 Å². The molecule has 1 aliphatic carbocycles. The molecule has 124 valence electrons. The Morgan fingerprint density at radius 2 is 2.00 bits per heavy atom. The highest BCUT2D eigenvalue weighted by atomic mass is 32.2. The minimum absolute atomic E-state index is 0.140. The molecule has 0 amide bonds. The third kappa shape index (κ3) is 3.52. The van der Waals surface area contributed by atoms with Gasteiger partial charge in [-0.25, -0.2) is 13.1 Å². The van der Waals surface area contributed by atoms with Crippen LogP contribution in [0.3, 0.4) is 0 Å². The largest absolute Gasteiger partial charge is 0.298 e. The first-order valence-corrected chi connectivity index (χ1v) is 9.82. The van der Waals surface area contributed by atoms with Gasteiger partial charge in [0.2, 0.25) is 10.0 Å². The number of nitrogens with one attached hydrogen (secondary N) is 1. The summed E-state index contributed by atoms with van der Waals surface area (Å²) in [6.45, 7) is 4.77. The van der Waals surface area contributed by atoms with Crippen molar-refractivity contribution in [3.05, 3.63) is 18.0 Å². The molecule has 3 atom stereocenters. The van der Waals surface area contributed by atoms with Crippen molar-refractivity contribution in [1.29, 1.82) is 0 Å². The topological polar surface area (TPSA) is 67.2 Å². The maximum Gasteiger partial charge on any atom is 0.211 e. The first-order valence-electron chi connectivity index (χ1n) is 8.16.